The minimum atomic E-state index is -4.35. The molecule has 0 aliphatic rings. The van der Waals surface area contributed by atoms with Gasteiger partial charge in [0.25, 0.3) is 0 Å². The molecule has 0 aliphatic heterocycles. The van der Waals surface area contributed by atoms with E-state index >= 15 is 0 Å². The summed E-state index contributed by atoms with van der Waals surface area (Å²) in [6, 6.07) is 4.99. The Morgan fingerprint density at radius 2 is 2.06 bits per heavy atom. The first kappa shape index (κ1) is 12.6. The molecule has 0 spiro atoms. The van der Waals surface area contributed by atoms with Crippen molar-refractivity contribution in [2.75, 3.05) is 0 Å². The number of benzene rings is 1. The lowest BCUT2D eigenvalue weighted by Crippen LogP contribution is -2.05. The lowest BCUT2D eigenvalue weighted by molar-refractivity contribution is -0.137. The van der Waals surface area contributed by atoms with Crippen molar-refractivity contribution in [3.8, 4) is 0 Å². The van der Waals surface area contributed by atoms with Crippen molar-refractivity contribution in [2.45, 2.75) is 19.1 Å². The monoisotopic (exact) mass is 257 g/mol. The molecule has 2 rings (SSSR count). The molecule has 0 atom stereocenters. The van der Waals surface area contributed by atoms with Crippen molar-refractivity contribution in [3.05, 3.63) is 47.1 Å². The van der Waals surface area contributed by atoms with Crippen LogP contribution in [0.1, 0.15) is 22.8 Å². The van der Waals surface area contributed by atoms with Crippen LogP contribution in [0.4, 0.5) is 13.2 Å². The van der Waals surface area contributed by atoms with Crippen molar-refractivity contribution in [1.29, 1.82) is 0 Å². The van der Waals surface area contributed by atoms with Gasteiger partial charge in [0.15, 0.2) is 5.82 Å². The van der Waals surface area contributed by atoms with E-state index in [9.17, 15) is 13.2 Å². The third-order valence-electron chi connectivity index (χ3n) is 2.30. The Morgan fingerprint density at radius 3 is 2.67 bits per heavy atom. The smallest absolute Gasteiger partial charge is 0.339 e. The van der Waals surface area contributed by atoms with E-state index < -0.39 is 11.7 Å². The lowest BCUT2D eigenvalue weighted by atomic mass is 10.1. The lowest BCUT2D eigenvalue weighted by Gasteiger charge is -2.07. The Hall–Kier alpha value is -1.89. The van der Waals surface area contributed by atoms with Gasteiger partial charge in [-0.1, -0.05) is 23.4 Å². The van der Waals surface area contributed by atoms with Crippen LogP contribution in [0.3, 0.4) is 0 Å². The summed E-state index contributed by atoms with van der Waals surface area (Å²) in [6.07, 6.45) is -4.20. The van der Waals surface area contributed by atoms with Gasteiger partial charge in [0.1, 0.15) is 0 Å². The molecule has 0 bridgehead atoms. The van der Waals surface area contributed by atoms with Crippen LogP contribution in [0.5, 0.6) is 0 Å². The van der Waals surface area contributed by atoms with Gasteiger partial charge in [0, 0.05) is 0 Å². The summed E-state index contributed by atoms with van der Waals surface area (Å²) < 4.78 is 42.4. The SMILES string of the molecule is NCc1noc(Cc2cccc(C(F)(F)F)c2)n1. The van der Waals surface area contributed by atoms with Crippen molar-refractivity contribution < 1.29 is 17.7 Å². The highest BCUT2D eigenvalue weighted by Gasteiger charge is 2.30. The number of halogens is 3. The number of aromatic nitrogens is 2. The topological polar surface area (TPSA) is 64.9 Å². The van der Waals surface area contributed by atoms with Gasteiger partial charge < -0.3 is 10.3 Å². The second-order valence-corrected chi connectivity index (χ2v) is 3.68. The Kier molecular flexibility index (Phi) is 3.33. The zero-order valence-electron chi connectivity index (χ0n) is 9.24. The summed E-state index contributed by atoms with van der Waals surface area (Å²) in [5.74, 6) is 0.576. The fourth-order valence-electron chi connectivity index (χ4n) is 1.48. The van der Waals surface area contributed by atoms with E-state index in [0.717, 1.165) is 12.1 Å². The molecular formula is C11H10F3N3O. The Morgan fingerprint density at radius 1 is 1.28 bits per heavy atom. The molecule has 0 unspecified atom stereocenters. The standard InChI is InChI=1S/C11H10F3N3O/c12-11(13,14)8-3-1-2-7(4-8)5-10-16-9(6-15)17-18-10/h1-4H,5-6,15H2. The maximum Gasteiger partial charge on any atom is 0.416 e. The Labute approximate surface area is 101 Å². The van der Waals surface area contributed by atoms with Crippen molar-refractivity contribution in [1.82, 2.24) is 10.1 Å². The molecular weight excluding hydrogens is 247 g/mol. The average Bonchev–Trinajstić information content (AvgIpc) is 2.76. The first-order valence-electron chi connectivity index (χ1n) is 5.16. The summed E-state index contributed by atoms with van der Waals surface area (Å²) in [4.78, 5) is 3.93. The van der Waals surface area contributed by atoms with Crippen molar-refractivity contribution in [3.63, 3.8) is 0 Å². The van der Waals surface area contributed by atoms with E-state index in [2.05, 4.69) is 10.1 Å². The molecule has 7 heteroatoms. The van der Waals surface area contributed by atoms with Gasteiger partial charge in [0.2, 0.25) is 5.89 Å². The second kappa shape index (κ2) is 4.77. The molecule has 2 aromatic rings. The largest absolute Gasteiger partial charge is 0.416 e. The zero-order chi connectivity index (χ0) is 13.2. The quantitative estimate of drug-likeness (QED) is 0.914. The molecule has 18 heavy (non-hydrogen) atoms. The van der Waals surface area contributed by atoms with Crippen LogP contribution < -0.4 is 5.73 Å². The third-order valence-corrected chi connectivity index (χ3v) is 2.30. The molecule has 0 fully saturated rings. The van der Waals surface area contributed by atoms with Gasteiger partial charge in [-0.3, -0.25) is 0 Å². The molecule has 4 nitrogen and oxygen atoms in total. The molecule has 2 N–H and O–H groups in total. The van der Waals surface area contributed by atoms with Crippen molar-refractivity contribution in [2.24, 2.45) is 5.73 Å². The minimum absolute atomic E-state index is 0.131. The van der Waals surface area contributed by atoms with Crippen LogP contribution in [-0.2, 0) is 19.1 Å². The van der Waals surface area contributed by atoms with Crippen LogP contribution in [0.2, 0.25) is 0 Å². The van der Waals surface area contributed by atoms with Crippen LogP contribution in [0.15, 0.2) is 28.8 Å². The molecule has 1 aromatic heterocycles. The summed E-state index contributed by atoms with van der Waals surface area (Å²) in [7, 11) is 0. The molecule has 0 aliphatic carbocycles. The fourth-order valence-corrected chi connectivity index (χ4v) is 1.48. The predicted octanol–water partition coefficient (Wildman–Crippen LogP) is 2.14. The zero-order valence-corrected chi connectivity index (χ0v) is 9.24. The van der Waals surface area contributed by atoms with E-state index in [-0.39, 0.29) is 18.9 Å². The van der Waals surface area contributed by atoms with E-state index in [1.165, 1.54) is 6.07 Å². The maximum absolute atomic E-state index is 12.5. The van der Waals surface area contributed by atoms with Gasteiger partial charge in [-0.2, -0.15) is 18.2 Å². The summed E-state index contributed by atoms with van der Waals surface area (Å²) in [5.41, 5.74) is 5.06. The highest BCUT2D eigenvalue weighted by Crippen LogP contribution is 2.29. The number of rotatable bonds is 3. The molecule has 0 saturated carbocycles. The molecule has 0 amide bonds. The van der Waals surface area contributed by atoms with E-state index in [1.54, 1.807) is 6.07 Å². The van der Waals surface area contributed by atoms with Gasteiger partial charge >= 0.3 is 6.18 Å². The summed E-state index contributed by atoms with van der Waals surface area (Å²) in [6.45, 7) is 0.131. The van der Waals surface area contributed by atoms with Gasteiger partial charge in [-0.25, -0.2) is 0 Å². The number of hydrogen-bond donors (Lipinski definition) is 1. The van der Waals surface area contributed by atoms with E-state index in [4.69, 9.17) is 10.3 Å². The summed E-state index contributed by atoms with van der Waals surface area (Å²) >= 11 is 0. The van der Waals surface area contributed by atoms with Gasteiger partial charge in [0.05, 0.1) is 18.5 Å². The van der Waals surface area contributed by atoms with Crippen LogP contribution in [0.25, 0.3) is 0 Å². The fraction of sp³-hybridized carbons (Fsp3) is 0.273. The first-order chi connectivity index (χ1) is 8.49. The highest BCUT2D eigenvalue weighted by molar-refractivity contribution is 5.27. The van der Waals surface area contributed by atoms with E-state index in [1.807, 2.05) is 0 Å². The van der Waals surface area contributed by atoms with Crippen LogP contribution in [-0.4, -0.2) is 10.1 Å². The molecule has 0 saturated heterocycles. The average molecular weight is 257 g/mol. The van der Waals surface area contributed by atoms with Crippen LogP contribution >= 0.6 is 0 Å². The van der Waals surface area contributed by atoms with Crippen LogP contribution in [0, 0.1) is 0 Å². The normalized spacial score (nSPS) is 11.8. The predicted molar refractivity (Wildman–Crippen MR) is 56.4 cm³/mol. The number of nitrogens with two attached hydrogens (primary N) is 1. The van der Waals surface area contributed by atoms with Gasteiger partial charge in [-0.05, 0) is 11.6 Å². The van der Waals surface area contributed by atoms with E-state index in [0.29, 0.717) is 11.4 Å². The maximum atomic E-state index is 12.5. The third kappa shape index (κ3) is 2.86. The molecule has 0 radical (unpaired) electrons. The van der Waals surface area contributed by atoms with Gasteiger partial charge in [-0.15, -0.1) is 0 Å². The number of nitrogens with zero attached hydrogens (tertiary/aromatic N) is 2. The summed E-state index contributed by atoms with van der Waals surface area (Å²) in [5, 5.41) is 3.57. The first-order valence-corrected chi connectivity index (χ1v) is 5.16. The highest BCUT2D eigenvalue weighted by atomic mass is 19.4. The molecule has 1 heterocycles. The number of hydrogen-bond acceptors (Lipinski definition) is 4. The Balaban J connectivity index is 2.19. The molecule has 96 valence electrons. The van der Waals surface area contributed by atoms with Crippen molar-refractivity contribution >= 4 is 0 Å². The molecule has 1 aromatic carbocycles. The number of alkyl halides is 3. The second-order valence-electron chi connectivity index (χ2n) is 3.68. The minimum Gasteiger partial charge on any atom is -0.339 e. The Bertz CT molecular complexity index is 536.